The minimum atomic E-state index is 0.169. The van der Waals surface area contributed by atoms with Crippen LogP contribution in [0.25, 0.3) is 10.9 Å². The standard InChI is InChI=1S/C14H16N2O/c1-9-14(10-7-13(17)15-8-10)11-5-3-4-6-12(11)16(9)2/h3-6,10H,7-8H2,1-2H3,(H,15,17). The van der Waals surface area contributed by atoms with E-state index in [0.29, 0.717) is 12.3 Å². The van der Waals surface area contributed by atoms with Crippen LogP contribution in [-0.2, 0) is 11.8 Å². The number of nitrogens with zero attached hydrogens (tertiary/aromatic N) is 1. The summed E-state index contributed by atoms with van der Waals surface area (Å²) in [5, 5.41) is 4.21. The highest BCUT2D eigenvalue weighted by Crippen LogP contribution is 2.34. The quantitative estimate of drug-likeness (QED) is 0.796. The number of hydrogen-bond donors (Lipinski definition) is 1. The van der Waals surface area contributed by atoms with Gasteiger partial charge in [-0.3, -0.25) is 4.79 Å². The van der Waals surface area contributed by atoms with Gasteiger partial charge in [-0.05, 0) is 18.6 Å². The van der Waals surface area contributed by atoms with Crippen molar-refractivity contribution in [2.75, 3.05) is 6.54 Å². The molecular weight excluding hydrogens is 212 g/mol. The molecule has 1 unspecified atom stereocenters. The summed E-state index contributed by atoms with van der Waals surface area (Å²) in [7, 11) is 2.09. The second-order valence-corrected chi connectivity index (χ2v) is 4.78. The SMILES string of the molecule is Cc1c(C2CNC(=O)C2)c2ccccc2n1C. The number of hydrogen-bond acceptors (Lipinski definition) is 1. The van der Waals surface area contributed by atoms with Gasteiger partial charge in [-0.25, -0.2) is 0 Å². The van der Waals surface area contributed by atoms with Gasteiger partial charge in [0.1, 0.15) is 0 Å². The van der Waals surface area contributed by atoms with Crippen molar-refractivity contribution in [3.05, 3.63) is 35.5 Å². The van der Waals surface area contributed by atoms with Gasteiger partial charge in [0.15, 0.2) is 0 Å². The molecule has 17 heavy (non-hydrogen) atoms. The van der Waals surface area contributed by atoms with Crippen molar-refractivity contribution >= 4 is 16.8 Å². The average Bonchev–Trinajstić information content (AvgIpc) is 2.84. The maximum atomic E-state index is 11.4. The van der Waals surface area contributed by atoms with E-state index in [4.69, 9.17) is 0 Å². The lowest BCUT2D eigenvalue weighted by molar-refractivity contribution is -0.119. The zero-order valence-electron chi connectivity index (χ0n) is 10.2. The van der Waals surface area contributed by atoms with E-state index < -0.39 is 0 Å². The summed E-state index contributed by atoms with van der Waals surface area (Å²) < 4.78 is 2.22. The van der Waals surface area contributed by atoms with Crippen molar-refractivity contribution in [3.63, 3.8) is 0 Å². The Kier molecular flexibility index (Phi) is 2.21. The third kappa shape index (κ3) is 1.46. The second-order valence-electron chi connectivity index (χ2n) is 4.78. The topological polar surface area (TPSA) is 34.0 Å². The molecule has 1 fully saturated rings. The maximum absolute atomic E-state index is 11.4. The van der Waals surface area contributed by atoms with Gasteiger partial charge >= 0.3 is 0 Å². The third-order valence-corrected chi connectivity index (χ3v) is 3.83. The van der Waals surface area contributed by atoms with Crippen LogP contribution in [0.5, 0.6) is 0 Å². The van der Waals surface area contributed by atoms with E-state index in [1.165, 1.54) is 22.2 Å². The minimum absolute atomic E-state index is 0.169. The molecule has 2 aromatic rings. The van der Waals surface area contributed by atoms with E-state index in [2.05, 4.69) is 48.1 Å². The molecule has 0 bridgehead atoms. The monoisotopic (exact) mass is 228 g/mol. The normalized spacial score (nSPS) is 19.9. The molecule has 3 rings (SSSR count). The molecule has 0 spiro atoms. The number of carbonyl (C=O) groups is 1. The van der Waals surface area contributed by atoms with Gasteiger partial charge in [0, 0.05) is 42.5 Å². The van der Waals surface area contributed by atoms with Gasteiger partial charge < -0.3 is 9.88 Å². The molecule has 0 saturated carbocycles. The fraction of sp³-hybridized carbons (Fsp3) is 0.357. The molecule has 3 heteroatoms. The first-order valence-corrected chi connectivity index (χ1v) is 5.99. The number of nitrogens with one attached hydrogen (secondary N) is 1. The number of benzene rings is 1. The van der Waals surface area contributed by atoms with E-state index in [9.17, 15) is 4.79 Å². The molecule has 0 aliphatic carbocycles. The zero-order valence-corrected chi connectivity index (χ0v) is 10.2. The van der Waals surface area contributed by atoms with Crippen LogP contribution in [0.2, 0.25) is 0 Å². The molecule has 1 atom stereocenters. The van der Waals surface area contributed by atoms with E-state index in [-0.39, 0.29) is 5.91 Å². The van der Waals surface area contributed by atoms with Crippen LogP contribution in [0.3, 0.4) is 0 Å². The molecule has 1 saturated heterocycles. The van der Waals surface area contributed by atoms with Gasteiger partial charge in [0.2, 0.25) is 5.91 Å². The summed E-state index contributed by atoms with van der Waals surface area (Å²) >= 11 is 0. The summed E-state index contributed by atoms with van der Waals surface area (Å²) in [4.78, 5) is 11.4. The van der Waals surface area contributed by atoms with Gasteiger partial charge in [0.05, 0.1) is 0 Å². The number of carbonyl (C=O) groups excluding carboxylic acids is 1. The Balaban J connectivity index is 2.22. The van der Waals surface area contributed by atoms with E-state index in [1.54, 1.807) is 0 Å². The van der Waals surface area contributed by atoms with Crippen LogP contribution in [0, 0.1) is 6.92 Å². The smallest absolute Gasteiger partial charge is 0.220 e. The van der Waals surface area contributed by atoms with Crippen LogP contribution in [-0.4, -0.2) is 17.0 Å². The van der Waals surface area contributed by atoms with Crippen molar-refractivity contribution in [1.82, 2.24) is 9.88 Å². The molecule has 1 amide bonds. The van der Waals surface area contributed by atoms with Crippen molar-refractivity contribution in [1.29, 1.82) is 0 Å². The lowest BCUT2D eigenvalue weighted by atomic mass is 9.95. The predicted octanol–water partition coefficient (Wildman–Crippen LogP) is 2.09. The molecule has 1 aromatic heterocycles. The lowest BCUT2D eigenvalue weighted by Crippen LogP contribution is -2.13. The number of rotatable bonds is 1. The third-order valence-electron chi connectivity index (χ3n) is 3.83. The Morgan fingerprint density at radius 3 is 2.82 bits per heavy atom. The highest BCUT2D eigenvalue weighted by atomic mass is 16.1. The van der Waals surface area contributed by atoms with Crippen LogP contribution >= 0.6 is 0 Å². The molecular formula is C14H16N2O. The summed E-state index contributed by atoms with van der Waals surface area (Å²) in [6.45, 7) is 2.91. The first kappa shape index (κ1) is 10.4. The maximum Gasteiger partial charge on any atom is 0.220 e. The molecule has 0 radical (unpaired) electrons. The number of amides is 1. The Hall–Kier alpha value is -1.77. The summed E-state index contributed by atoms with van der Waals surface area (Å²) in [5.74, 6) is 0.496. The first-order valence-electron chi connectivity index (χ1n) is 5.99. The molecule has 2 heterocycles. The van der Waals surface area contributed by atoms with Crippen molar-refractivity contribution in [2.45, 2.75) is 19.3 Å². The van der Waals surface area contributed by atoms with Gasteiger partial charge in [-0.2, -0.15) is 0 Å². The Morgan fingerprint density at radius 1 is 1.35 bits per heavy atom. The van der Waals surface area contributed by atoms with E-state index >= 15 is 0 Å². The van der Waals surface area contributed by atoms with Crippen LogP contribution in [0.4, 0.5) is 0 Å². The minimum Gasteiger partial charge on any atom is -0.355 e. The fourth-order valence-electron chi connectivity index (χ4n) is 2.87. The largest absolute Gasteiger partial charge is 0.355 e. The number of aryl methyl sites for hydroxylation is 1. The van der Waals surface area contributed by atoms with Gasteiger partial charge in [-0.1, -0.05) is 18.2 Å². The molecule has 3 nitrogen and oxygen atoms in total. The van der Waals surface area contributed by atoms with Gasteiger partial charge in [-0.15, -0.1) is 0 Å². The highest BCUT2D eigenvalue weighted by Gasteiger charge is 2.27. The van der Waals surface area contributed by atoms with Gasteiger partial charge in [0.25, 0.3) is 0 Å². The molecule has 1 aliphatic rings. The molecule has 1 aliphatic heterocycles. The summed E-state index contributed by atoms with van der Waals surface area (Å²) in [6, 6.07) is 8.41. The number of para-hydroxylation sites is 1. The average molecular weight is 228 g/mol. The van der Waals surface area contributed by atoms with Crippen molar-refractivity contribution in [2.24, 2.45) is 7.05 Å². The van der Waals surface area contributed by atoms with Crippen LogP contribution in [0.15, 0.2) is 24.3 Å². The van der Waals surface area contributed by atoms with Crippen LogP contribution in [0.1, 0.15) is 23.6 Å². The van der Waals surface area contributed by atoms with E-state index in [1.807, 2.05) is 0 Å². The zero-order chi connectivity index (χ0) is 12.0. The summed E-state index contributed by atoms with van der Waals surface area (Å²) in [6.07, 6.45) is 0.620. The summed E-state index contributed by atoms with van der Waals surface area (Å²) in [5.41, 5.74) is 3.86. The second kappa shape index (κ2) is 3.62. The Bertz CT molecular complexity index is 598. The fourth-order valence-corrected chi connectivity index (χ4v) is 2.87. The highest BCUT2D eigenvalue weighted by molar-refractivity contribution is 5.88. The molecule has 88 valence electrons. The van der Waals surface area contributed by atoms with Crippen molar-refractivity contribution in [3.8, 4) is 0 Å². The molecule has 1 N–H and O–H groups in total. The Morgan fingerprint density at radius 2 is 2.12 bits per heavy atom. The van der Waals surface area contributed by atoms with Crippen LogP contribution < -0.4 is 5.32 Å². The number of fused-ring (bicyclic) bond motifs is 1. The first-order chi connectivity index (χ1) is 8.18. The molecule has 1 aromatic carbocycles. The van der Waals surface area contributed by atoms with Crippen molar-refractivity contribution < 1.29 is 4.79 Å². The van der Waals surface area contributed by atoms with E-state index in [0.717, 1.165) is 6.54 Å². The number of aromatic nitrogens is 1. The lowest BCUT2D eigenvalue weighted by Gasteiger charge is -2.08. The predicted molar refractivity (Wildman–Crippen MR) is 68.0 cm³/mol. The Labute approximate surface area is 100 Å².